The van der Waals surface area contributed by atoms with Gasteiger partial charge in [0, 0.05) is 5.56 Å². The quantitative estimate of drug-likeness (QED) is 0.492. The Kier molecular flexibility index (Phi) is 4.18. The Morgan fingerprint density at radius 3 is 2.55 bits per heavy atom. The molecule has 0 bridgehead atoms. The van der Waals surface area contributed by atoms with Crippen LogP contribution in [0.4, 0.5) is 0 Å². The highest BCUT2D eigenvalue weighted by atomic mass is 16.4. The summed E-state index contributed by atoms with van der Waals surface area (Å²) in [6, 6.07) is 17.1. The maximum absolute atomic E-state index is 11.2. The van der Waals surface area contributed by atoms with Crippen molar-refractivity contribution in [2.45, 2.75) is 44.9 Å². The molecular formula is C28H28O3. The van der Waals surface area contributed by atoms with Gasteiger partial charge in [0.2, 0.25) is 0 Å². The number of phenolic OH excluding ortho intramolecular Hbond substituents is 1. The summed E-state index contributed by atoms with van der Waals surface area (Å²) in [6.07, 6.45) is 9.67. The zero-order valence-electron chi connectivity index (χ0n) is 17.7. The van der Waals surface area contributed by atoms with Gasteiger partial charge in [0.15, 0.2) is 0 Å². The Balaban J connectivity index is 1.21. The zero-order valence-corrected chi connectivity index (χ0v) is 17.7. The van der Waals surface area contributed by atoms with Crippen molar-refractivity contribution in [3.8, 4) is 16.9 Å². The lowest BCUT2D eigenvalue weighted by Gasteiger charge is -2.61. The molecule has 6 rings (SSSR count). The number of aromatic hydroxyl groups is 1. The van der Waals surface area contributed by atoms with E-state index in [1.807, 2.05) is 30.3 Å². The fourth-order valence-electron chi connectivity index (χ4n) is 6.92. The molecule has 0 aromatic heterocycles. The van der Waals surface area contributed by atoms with Crippen LogP contribution in [0.25, 0.3) is 21.9 Å². The number of carboxylic acid groups (broad SMARTS) is 1. The molecule has 3 aliphatic rings. The number of aromatic carboxylic acids is 1. The summed E-state index contributed by atoms with van der Waals surface area (Å²) in [7, 11) is 0. The molecule has 0 heterocycles. The Morgan fingerprint density at radius 2 is 1.81 bits per heavy atom. The van der Waals surface area contributed by atoms with Crippen LogP contribution in [0.1, 0.15) is 54.4 Å². The topological polar surface area (TPSA) is 57.5 Å². The van der Waals surface area contributed by atoms with Gasteiger partial charge >= 0.3 is 5.97 Å². The first-order valence-electron chi connectivity index (χ1n) is 11.6. The molecule has 3 heteroatoms. The first-order valence-corrected chi connectivity index (χ1v) is 11.6. The lowest BCUT2D eigenvalue weighted by atomic mass is 9.43. The van der Waals surface area contributed by atoms with Crippen LogP contribution in [-0.2, 0) is 6.42 Å². The van der Waals surface area contributed by atoms with Crippen LogP contribution in [0.5, 0.6) is 5.75 Å². The van der Waals surface area contributed by atoms with Crippen molar-refractivity contribution in [2.24, 2.45) is 23.2 Å². The van der Waals surface area contributed by atoms with Gasteiger partial charge in [-0.15, -0.1) is 0 Å². The number of phenols is 1. The second-order valence-corrected chi connectivity index (χ2v) is 10.2. The Bertz CT molecular complexity index is 1200. The van der Waals surface area contributed by atoms with E-state index >= 15 is 0 Å². The summed E-state index contributed by atoms with van der Waals surface area (Å²) in [5, 5.41) is 21.6. The van der Waals surface area contributed by atoms with Crippen LogP contribution in [0, 0.1) is 23.2 Å². The molecule has 0 radical (unpaired) electrons. The van der Waals surface area contributed by atoms with Crippen molar-refractivity contribution in [2.75, 3.05) is 0 Å². The smallest absolute Gasteiger partial charge is 0.335 e. The van der Waals surface area contributed by atoms with E-state index in [-0.39, 0.29) is 0 Å². The van der Waals surface area contributed by atoms with E-state index in [4.69, 9.17) is 0 Å². The summed E-state index contributed by atoms with van der Waals surface area (Å²) in [4.78, 5) is 11.2. The third kappa shape index (κ3) is 2.97. The maximum Gasteiger partial charge on any atom is 0.335 e. The number of carboxylic acids is 1. The monoisotopic (exact) mass is 412 g/mol. The van der Waals surface area contributed by atoms with Crippen molar-refractivity contribution in [3.63, 3.8) is 0 Å². The highest BCUT2D eigenvalue weighted by molar-refractivity contribution is 5.96. The SMILES string of the molecule is O=C(O)c1ccc2cc(-c3cc(CCC4CC5CC6CCC65C4)ccc3O)ccc2c1. The van der Waals surface area contributed by atoms with Gasteiger partial charge in [0.25, 0.3) is 0 Å². The van der Waals surface area contributed by atoms with Gasteiger partial charge in [-0.25, -0.2) is 4.79 Å². The molecule has 3 aromatic carbocycles. The van der Waals surface area contributed by atoms with Crippen molar-refractivity contribution in [1.29, 1.82) is 0 Å². The molecule has 2 N–H and O–H groups in total. The van der Waals surface area contributed by atoms with Gasteiger partial charge in [-0.3, -0.25) is 0 Å². The molecule has 3 saturated carbocycles. The maximum atomic E-state index is 11.2. The lowest BCUT2D eigenvalue weighted by Crippen LogP contribution is -2.53. The fourth-order valence-corrected chi connectivity index (χ4v) is 6.92. The average molecular weight is 413 g/mol. The van der Waals surface area contributed by atoms with Gasteiger partial charge < -0.3 is 10.2 Å². The molecule has 4 atom stereocenters. The molecular weight excluding hydrogens is 384 g/mol. The molecule has 158 valence electrons. The number of rotatable bonds is 5. The van der Waals surface area contributed by atoms with Crippen LogP contribution < -0.4 is 0 Å². The molecule has 0 amide bonds. The molecule has 3 nitrogen and oxygen atoms in total. The molecule has 3 fully saturated rings. The van der Waals surface area contributed by atoms with Gasteiger partial charge in [0.05, 0.1) is 5.56 Å². The van der Waals surface area contributed by atoms with Crippen LogP contribution >= 0.6 is 0 Å². The summed E-state index contributed by atoms with van der Waals surface area (Å²) >= 11 is 0. The highest BCUT2D eigenvalue weighted by Crippen LogP contribution is 2.73. The lowest BCUT2D eigenvalue weighted by molar-refractivity contribution is -0.120. The predicted molar refractivity (Wildman–Crippen MR) is 122 cm³/mol. The van der Waals surface area contributed by atoms with E-state index in [0.29, 0.717) is 11.3 Å². The summed E-state index contributed by atoms with van der Waals surface area (Å²) in [6.45, 7) is 0. The number of hydrogen-bond donors (Lipinski definition) is 2. The molecule has 3 aliphatic carbocycles. The van der Waals surface area contributed by atoms with Crippen molar-refractivity contribution >= 4 is 16.7 Å². The molecule has 1 spiro atoms. The molecule has 4 unspecified atom stereocenters. The van der Waals surface area contributed by atoms with E-state index in [1.165, 1.54) is 44.1 Å². The third-order valence-corrected chi connectivity index (χ3v) is 8.74. The summed E-state index contributed by atoms with van der Waals surface area (Å²) < 4.78 is 0. The number of benzene rings is 3. The standard InChI is InChI=1S/C28H28O3/c29-26-8-3-17(1-2-18-11-24-15-23-9-10-28(23,24)16-18)12-25(26)21-6-4-20-14-22(27(30)31)7-5-19(20)13-21/h3-8,12-14,18,23-24,29H,1-2,9-11,15-16H2,(H,30,31). The van der Waals surface area contributed by atoms with Crippen molar-refractivity contribution < 1.29 is 15.0 Å². The molecule has 0 aliphatic heterocycles. The minimum Gasteiger partial charge on any atom is -0.507 e. The predicted octanol–water partition coefficient (Wildman–Crippen LogP) is 6.67. The number of aryl methyl sites for hydroxylation is 1. The van der Waals surface area contributed by atoms with Gasteiger partial charge in [-0.2, -0.15) is 0 Å². The van der Waals surface area contributed by atoms with Gasteiger partial charge in [-0.1, -0.05) is 24.3 Å². The van der Waals surface area contributed by atoms with Crippen molar-refractivity contribution in [3.05, 3.63) is 65.7 Å². The Hall–Kier alpha value is -2.81. The largest absolute Gasteiger partial charge is 0.507 e. The van der Waals surface area contributed by atoms with Crippen LogP contribution in [0.3, 0.4) is 0 Å². The van der Waals surface area contributed by atoms with Crippen molar-refractivity contribution in [1.82, 2.24) is 0 Å². The van der Waals surface area contributed by atoms with E-state index in [0.717, 1.165) is 51.5 Å². The van der Waals surface area contributed by atoms with E-state index in [1.54, 1.807) is 12.1 Å². The molecule has 3 aromatic rings. The van der Waals surface area contributed by atoms with E-state index in [2.05, 4.69) is 12.1 Å². The molecule has 31 heavy (non-hydrogen) atoms. The Morgan fingerprint density at radius 1 is 0.968 bits per heavy atom. The minimum atomic E-state index is -0.918. The second kappa shape index (κ2) is 6.85. The van der Waals surface area contributed by atoms with Gasteiger partial charge in [0.1, 0.15) is 5.75 Å². The van der Waals surface area contributed by atoms with E-state index < -0.39 is 5.97 Å². The minimum absolute atomic E-state index is 0.290. The van der Waals surface area contributed by atoms with Crippen LogP contribution in [0.15, 0.2) is 54.6 Å². The highest BCUT2D eigenvalue weighted by Gasteiger charge is 2.63. The van der Waals surface area contributed by atoms with E-state index in [9.17, 15) is 15.0 Å². The number of fused-ring (bicyclic) bond motifs is 1. The summed E-state index contributed by atoms with van der Waals surface area (Å²) in [5.41, 5.74) is 4.15. The second-order valence-electron chi connectivity index (χ2n) is 10.2. The first-order chi connectivity index (χ1) is 15.0. The molecule has 0 saturated heterocycles. The average Bonchev–Trinajstić information content (AvgIpc) is 3.13. The first kappa shape index (κ1) is 18.9. The number of carbonyl (C=O) groups is 1. The summed E-state index contributed by atoms with van der Waals surface area (Å²) in [5.74, 6) is 2.32. The Labute approximate surface area is 182 Å². The zero-order chi connectivity index (χ0) is 21.2. The fraction of sp³-hybridized carbons (Fsp3) is 0.393. The van der Waals surface area contributed by atoms with Crippen LogP contribution in [0.2, 0.25) is 0 Å². The number of hydrogen-bond acceptors (Lipinski definition) is 2. The van der Waals surface area contributed by atoms with Crippen LogP contribution in [-0.4, -0.2) is 16.2 Å². The normalized spacial score (nSPS) is 28.5. The third-order valence-electron chi connectivity index (χ3n) is 8.74. The van der Waals surface area contributed by atoms with Gasteiger partial charge in [-0.05, 0) is 120 Å².